The number of halogens is 2. The highest BCUT2D eigenvalue weighted by Crippen LogP contribution is 2.48. The number of carbonyl (C=O) groups is 1. The average molecular weight is 323 g/mol. The fraction of sp³-hybridized carbons (Fsp3) is 0.312. The maximum absolute atomic E-state index is 13.7. The van der Waals surface area contributed by atoms with Gasteiger partial charge in [-0.05, 0) is 46.4 Å². The Morgan fingerprint density at radius 3 is 2.95 bits per heavy atom. The van der Waals surface area contributed by atoms with Gasteiger partial charge in [0.25, 0.3) is 0 Å². The van der Waals surface area contributed by atoms with Gasteiger partial charge in [-0.2, -0.15) is 11.3 Å². The van der Waals surface area contributed by atoms with Crippen molar-refractivity contribution in [3.8, 4) is 0 Å². The van der Waals surface area contributed by atoms with Gasteiger partial charge in [-0.1, -0.05) is 12.1 Å². The first-order chi connectivity index (χ1) is 10.6. The highest BCUT2D eigenvalue weighted by molar-refractivity contribution is 7.07. The van der Waals surface area contributed by atoms with Crippen molar-refractivity contribution in [2.45, 2.75) is 18.4 Å². The summed E-state index contributed by atoms with van der Waals surface area (Å²) in [6.45, 7) is 0.115. The van der Waals surface area contributed by atoms with Crippen molar-refractivity contribution in [3.63, 3.8) is 0 Å². The van der Waals surface area contributed by atoms with Crippen LogP contribution in [0.1, 0.15) is 29.6 Å². The molecular formula is C16H15F2NO2S. The number of aliphatic hydroxyl groups excluding tert-OH is 1. The van der Waals surface area contributed by atoms with Crippen LogP contribution in [-0.2, 0) is 4.79 Å². The van der Waals surface area contributed by atoms with Gasteiger partial charge in [0.15, 0.2) is 11.6 Å². The van der Waals surface area contributed by atoms with Crippen molar-refractivity contribution in [1.29, 1.82) is 0 Å². The largest absolute Gasteiger partial charge is 0.387 e. The zero-order chi connectivity index (χ0) is 15.7. The normalized spacial score (nSPS) is 21.4. The SMILES string of the molecule is O=C(NCC(O)c1ccsc1)C1CC1c1cccc(F)c1F. The summed E-state index contributed by atoms with van der Waals surface area (Å²) in [5.41, 5.74) is 1.01. The zero-order valence-electron chi connectivity index (χ0n) is 11.6. The van der Waals surface area contributed by atoms with Crippen LogP contribution in [0.3, 0.4) is 0 Å². The molecule has 1 fully saturated rings. The number of hydrogen-bond donors (Lipinski definition) is 2. The molecule has 1 aromatic carbocycles. The van der Waals surface area contributed by atoms with Gasteiger partial charge in [0, 0.05) is 12.5 Å². The second-order valence-corrected chi connectivity index (χ2v) is 6.19. The van der Waals surface area contributed by atoms with Gasteiger partial charge in [0.2, 0.25) is 5.91 Å². The van der Waals surface area contributed by atoms with E-state index >= 15 is 0 Å². The predicted octanol–water partition coefficient (Wildman–Crippen LogP) is 2.98. The van der Waals surface area contributed by atoms with Crippen LogP contribution in [0.4, 0.5) is 8.78 Å². The number of carbonyl (C=O) groups excluding carboxylic acids is 1. The number of nitrogens with one attached hydrogen (secondary N) is 1. The second-order valence-electron chi connectivity index (χ2n) is 5.41. The molecule has 0 radical (unpaired) electrons. The Balaban J connectivity index is 1.56. The number of hydrogen-bond acceptors (Lipinski definition) is 3. The van der Waals surface area contributed by atoms with Crippen molar-refractivity contribution in [2.75, 3.05) is 6.54 Å². The lowest BCUT2D eigenvalue weighted by Gasteiger charge is -2.10. The van der Waals surface area contributed by atoms with Gasteiger partial charge in [-0.15, -0.1) is 0 Å². The molecule has 1 aliphatic carbocycles. The molecule has 2 aromatic rings. The Kier molecular flexibility index (Phi) is 4.22. The first kappa shape index (κ1) is 15.1. The Morgan fingerprint density at radius 1 is 1.41 bits per heavy atom. The van der Waals surface area contributed by atoms with Gasteiger partial charge in [0.05, 0.1) is 6.10 Å². The Labute approximate surface area is 130 Å². The van der Waals surface area contributed by atoms with E-state index in [1.165, 1.54) is 23.5 Å². The van der Waals surface area contributed by atoms with Crippen molar-refractivity contribution < 1.29 is 18.7 Å². The monoisotopic (exact) mass is 323 g/mol. The van der Waals surface area contributed by atoms with Gasteiger partial charge in [-0.25, -0.2) is 8.78 Å². The second kappa shape index (κ2) is 6.14. The molecule has 1 aliphatic rings. The lowest BCUT2D eigenvalue weighted by molar-refractivity contribution is -0.122. The van der Waals surface area contributed by atoms with E-state index in [4.69, 9.17) is 0 Å². The molecule has 6 heteroatoms. The lowest BCUT2D eigenvalue weighted by Crippen LogP contribution is -2.29. The molecule has 0 saturated heterocycles. The van der Waals surface area contributed by atoms with Crippen LogP contribution in [0.5, 0.6) is 0 Å². The van der Waals surface area contributed by atoms with Crippen LogP contribution in [0.2, 0.25) is 0 Å². The molecule has 3 nitrogen and oxygen atoms in total. The van der Waals surface area contributed by atoms with Gasteiger partial charge >= 0.3 is 0 Å². The highest BCUT2D eigenvalue weighted by atomic mass is 32.1. The summed E-state index contributed by atoms with van der Waals surface area (Å²) in [7, 11) is 0. The van der Waals surface area contributed by atoms with Gasteiger partial charge in [-0.3, -0.25) is 4.79 Å². The van der Waals surface area contributed by atoms with Crippen LogP contribution in [0.15, 0.2) is 35.0 Å². The van der Waals surface area contributed by atoms with Crippen molar-refractivity contribution in [1.82, 2.24) is 5.32 Å². The molecule has 3 rings (SSSR count). The molecule has 3 unspecified atom stereocenters. The summed E-state index contributed by atoms with van der Waals surface area (Å²) in [5, 5.41) is 16.2. The molecule has 1 aromatic heterocycles. The van der Waals surface area contributed by atoms with Gasteiger partial charge in [0.1, 0.15) is 0 Å². The minimum atomic E-state index is -0.892. The summed E-state index contributed by atoms with van der Waals surface area (Å²) in [4.78, 5) is 12.0. The first-order valence-electron chi connectivity index (χ1n) is 6.99. The smallest absolute Gasteiger partial charge is 0.223 e. The number of rotatable bonds is 5. The number of aliphatic hydroxyl groups is 1. The maximum atomic E-state index is 13.7. The minimum Gasteiger partial charge on any atom is -0.387 e. The Morgan fingerprint density at radius 2 is 2.23 bits per heavy atom. The standard InChI is InChI=1S/C16H15F2NO2S/c17-13-3-1-2-10(15(13)18)11-6-12(11)16(21)19-7-14(20)9-4-5-22-8-9/h1-5,8,11-12,14,20H,6-7H2,(H,19,21). The van der Waals surface area contributed by atoms with Crippen LogP contribution >= 0.6 is 11.3 Å². The highest BCUT2D eigenvalue weighted by Gasteiger charge is 2.45. The van der Waals surface area contributed by atoms with E-state index < -0.39 is 17.7 Å². The zero-order valence-corrected chi connectivity index (χ0v) is 12.4. The number of amides is 1. The third-order valence-electron chi connectivity index (χ3n) is 3.91. The molecule has 1 saturated carbocycles. The van der Waals surface area contributed by atoms with E-state index in [0.717, 1.165) is 11.6 Å². The summed E-state index contributed by atoms with van der Waals surface area (Å²) in [6, 6.07) is 5.81. The molecule has 0 bridgehead atoms. The molecule has 0 aliphatic heterocycles. The molecule has 116 valence electrons. The molecule has 1 amide bonds. The van der Waals surface area contributed by atoms with E-state index in [9.17, 15) is 18.7 Å². The molecule has 2 N–H and O–H groups in total. The van der Waals surface area contributed by atoms with Crippen LogP contribution in [0.25, 0.3) is 0 Å². The molecular weight excluding hydrogens is 308 g/mol. The van der Waals surface area contributed by atoms with E-state index in [1.807, 2.05) is 10.8 Å². The average Bonchev–Trinajstić information content (AvgIpc) is 3.10. The summed E-state index contributed by atoms with van der Waals surface area (Å²) < 4.78 is 26.9. The van der Waals surface area contributed by atoms with Gasteiger partial charge < -0.3 is 10.4 Å². The summed E-state index contributed by atoms with van der Waals surface area (Å²) in [5.74, 6) is -2.64. The Bertz CT molecular complexity index is 675. The molecule has 3 atom stereocenters. The maximum Gasteiger partial charge on any atom is 0.223 e. The number of thiophene rings is 1. The quantitative estimate of drug-likeness (QED) is 0.889. The van der Waals surface area contributed by atoms with E-state index in [1.54, 1.807) is 6.07 Å². The lowest BCUT2D eigenvalue weighted by atomic mass is 10.1. The third-order valence-corrected chi connectivity index (χ3v) is 4.61. The molecule has 0 spiro atoms. The number of benzene rings is 1. The van der Waals surface area contributed by atoms with Crippen LogP contribution in [-0.4, -0.2) is 17.6 Å². The third kappa shape index (κ3) is 3.03. The van der Waals surface area contributed by atoms with Crippen molar-refractivity contribution in [3.05, 3.63) is 57.8 Å². The fourth-order valence-electron chi connectivity index (χ4n) is 2.55. The van der Waals surface area contributed by atoms with Crippen molar-refractivity contribution >= 4 is 17.2 Å². The van der Waals surface area contributed by atoms with E-state index in [2.05, 4.69) is 5.32 Å². The van der Waals surface area contributed by atoms with E-state index in [0.29, 0.717) is 6.42 Å². The topological polar surface area (TPSA) is 49.3 Å². The van der Waals surface area contributed by atoms with Crippen LogP contribution in [0, 0.1) is 17.6 Å². The summed E-state index contributed by atoms with van der Waals surface area (Å²) in [6.07, 6.45) is -0.251. The Hall–Kier alpha value is -1.79. The molecule has 1 heterocycles. The van der Waals surface area contributed by atoms with Crippen LogP contribution < -0.4 is 5.32 Å². The predicted molar refractivity (Wildman–Crippen MR) is 79.5 cm³/mol. The first-order valence-corrected chi connectivity index (χ1v) is 7.94. The molecule has 22 heavy (non-hydrogen) atoms. The fourth-order valence-corrected chi connectivity index (χ4v) is 3.25. The minimum absolute atomic E-state index is 0.115. The summed E-state index contributed by atoms with van der Waals surface area (Å²) >= 11 is 1.47. The van der Waals surface area contributed by atoms with E-state index in [-0.39, 0.29) is 29.9 Å². The van der Waals surface area contributed by atoms with Crippen molar-refractivity contribution in [2.24, 2.45) is 5.92 Å².